The van der Waals surface area contributed by atoms with Gasteiger partial charge in [-0.1, -0.05) is 12.1 Å². The lowest BCUT2D eigenvalue weighted by molar-refractivity contribution is 0.648. The highest BCUT2D eigenvalue weighted by Crippen LogP contribution is 2.20. The fourth-order valence-corrected chi connectivity index (χ4v) is 1.16. The van der Waals surface area contributed by atoms with Crippen LogP contribution < -0.4 is 16.9 Å². The molecule has 12 heavy (non-hydrogen) atoms. The maximum Gasteiger partial charge on any atom is 0.00682 e. The molecule has 1 aromatic rings. The smallest absolute Gasteiger partial charge is 0.00682 e. The van der Waals surface area contributed by atoms with E-state index in [0.29, 0.717) is 0 Å². The molecule has 0 saturated heterocycles. The van der Waals surface area contributed by atoms with Crippen molar-refractivity contribution in [1.82, 2.24) is 11.1 Å². The Balaban J connectivity index is 2.53. The molecule has 0 amide bonds. The Kier molecular flexibility index (Phi) is 3.89. The third-order valence-corrected chi connectivity index (χ3v) is 2.07. The number of thioether (sulfide) groups is 1. The van der Waals surface area contributed by atoms with Crippen molar-refractivity contribution in [3.63, 3.8) is 0 Å². The quantitative estimate of drug-likeness (QED) is 0.374. The van der Waals surface area contributed by atoms with Crippen LogP contribution in [0.2, 0.25) is 0 Å². The second-order valence-corrected chi connectivity index (χ2v) is 2.95. The minimum Gasteiger partial charge on any atom is -0.608 e. The first-order chi connectivity index (χ1) is 5.86. The van der Waals surface area contributed by atoms with Gasteiger partial charge in [-0.3, -0.25) is 5.84 Å². The third kappa shape index (κ3) is 2.71. The van der Waals surface area contributed by atoms with Gasteiger partial charge >= 0.3 is 0 Å². The van der Waals surface area contributed by atoms with E-state index >= 15 is 0 Å². The van der Waals surface area contributed by atoms with E-state index in [2.05, 4.69) is 16.5 Å². The topological polar surface area (TPSA) is 64.2 Å². The maximum absolute atomic E-state index is 4.97. The van der Waals surface area contributed by atoms with E-state index in [1.807, 2.05) is 30.5 Å². The van der Waals surface area contributed by atoms with Crippen LogP contribution in [0.3, 0.4) is 0 Å². The van der Waals surface area contributed by atoms with Gasteiger partial charge in [-0.25, -0.2) is 5.53 Å². The second kappa shape index (κ2) is 5.00. The van der Waals surface area contributed by atoms with Crippen molar-refractivity contribution in [2.75, 3.05) is 6.26 Å². The number of rotatable bonds is 4. The molecule has 1 rings (SSSR count). The number of benzene rings is 1. The SMILES string of the molecule is CSc1ccc([N-]NNN)cc1. The van der Waals surface area contributed by atoms with E-state index < -0.39 is 0 Å². The lowest BCUT2D eigenvalue weighted by Gasteiger charge is -2.21. The van der Waals surface area contributed by atoms with Gasteiger partial charge in [-0.2, -0.15) is 0 Å². The van der Waals surface area contributed by atoms with E-state index in [9.17, 15) is 0 Å². The minimum absolute atomic E-state index is 0.839. The Labute approximate surface area is 75.8 Å². The van der Waals surface area contributed by atoms with Crippen molar-refractivity contribution in [2.45, 2.75) is 4.90 Å². The van der Waals surface area contributed by atoms with E-state index in [0.717, 1.165) is 5.69 Å². The zero-order valence-electron chi connectivity index (χ0n) is 6.74. The predicted octanol–water partition coefficient (Wildman–Crippen LogP) is 1.30. The van der Waals surface area contributed by atoms with Gasteiger partial charge in [0, 0.05) is 4.90 Å². The van der Waals surface area contributed by atoms with Gasteiger partial charge in [0.25, 0.3) is 0 Å². The summed E-state index contributed by atoms with van der Waals surface area (Å²) in [4.78, 5) is 1.22. The first-order valence-electron chi connectivity index (χ1n) is 3.42. The molecule has 0 unspecified atom stereocenters. The number of hydrogen-bond acceptors (Lipinski definition) is 4. The van der Waals surface area contributed by atoms with Crippen LogP contribution in [0.4, 0.5) is 5.69 Å². The van der Waals surface area contributed by atoms with Crippen molar-refractivity contribution >= 4 is 17.4 Å². The lowest BCUT2D eigenvalue weighted by Crippen LogP contribution is -2.33. The molecule has 1 aromatic carbocycles. The molecule has 0 bridgehead atoms. The highest BCUT2D eigenvalue weighted by Gasteiger charge is 1.84. The molecule has 0 atom stereocenters. The summed E-state index contributed by atoms with van der Waals surface area (Å²) in [6, 6.07) is 7.83. The zero-order chi connectivity index (χ0) is 8.81. The summed E-state index contributed by atoms with van der Waals surface area (Å²) < 4.78 is 0. The average molecular weight is 183 g/mol. The van der Waals surface area contributed by atoms with Crippen LogP contribution >= 0.6 is 11.8 Å². The Morgan fingerprint density at radius 2 is 2.00 bits per heavy atom. The second-order valence-electron chi connectivity index (χ2n) is 2.07. The van der Waals surface area contributed by atoms with Gasteiger partial charge in [0.2, 0.25) is 0 Å². The van der Waals surface area contributed by atoms with Crippen LogP contribution in [0.25, 0.3) is 5.43 Å². The van der Waals surface area contributed by atoms with Crippen molar-refractivity contribution in [1.29, 1.82) is 0 Å². The Hall–Kier alpha value is -0.750. The Bertz CT molecular complexity index is 223. The molecule has 66 valence electrons. The van der Waals surface area contributed by atoms with Crippen molar-refractivity contribution in [3.05, 3.63) is 29.7 Å². The van der Waals surface area contributed by atoms with Crippen molar-refractivity contribution in [2.24, 2.45) is 5.84 Å². The average Bonchev–Trinajstić information content (AvgIpc) is 2.15. The summed E-state index contributed by atoms with van der Waals surface area (Å²) in [6.45, 7) is 0. The zero-order valence-corrected chi connectivity index (χ0v) is 7.56. The summed E-state index contributed by atoms with van der Waals surface area (Å²) >= 11 is 1.70. The normalized spacial score (nSPS) is 9.83. The number of hydrazine groups is 2. The molecule has 0 aliphatic heterocycles. The summed E-state index contributed by atoms with van der Waals surface area (Å²) in [5.41, 5.74) is 9.41. The molecule has 4 nitrogen and oxygen atoms in total. The lowest BCUT2D eigenvalue weighted by atomic mass is 10.3. The van der Waals surface area contributed by atoms with Gasteiger partial charge in [-0.15, -0.1) is 17.4 Å². The molecule has 0 heterocycles. The van der Waals surface area contributed by atoms with Crippen LogP contribution in [0.1, 0.15) is 0 Å². The van der Waals surface area contributed by atoms with E-state index in [1.165, 1.54) is 4.90 Å². The summed E-state index contributed by atoms with van der Waals surface area (Å²) in [5.74, 6) is 4.97. The fourth-order valence-electron chi connectivity index (χ4n) is 0.754. The first-order valence-corrected chi connectivity index (χ1v) is 4.64. The minimum atomic E-state index is 0.839. The van der Waals surface area contributed by atoms with E-state index in [-0.39, 0.29) is 0 Å². The van der Waals surface area contributed by atoms with Crippen molar-refractivity contribution in [3.8, 4) is 0 Å². The molecule has 4 N–H and O–H groups in total. The van der Waals surface area contributed by atoms with E-state index in [4.69, 9.17) is 5.84 Å². The van der Waals surface area contributed by atoms with E-state index in [1.54, 1.807) is 11.8 Å². The van der Waals surface area contributed by atoms with Crippen LogP contribution in [-0.4, -0.2) is 6.26 Å². The highest BCUT2D eigenvalue weighted by molar-refractivity contribution is 7.98. The van der Waals surface area contributed by atoms with Crippen LogP contribution in [0.15, 0.2) is 29.2 Å². The molecule has 0 spiro atoms. The summed E-state index contributed by atoms with van der Waals surface area (Å²) in [6.07, 6.45) is 2.03. The Morgan fingerprint density at radius 3 is 2.50 bits per heavy atom. The largest absolute Gasteiger partial charge is 0.608 e. The molecule has 5 heteroatoms. The van der Waals surface area contributed by atoms with Crippen LogP contribution in [0.5, 0.6) is 0 Å². The van der Waals surface area contributed by atoms with Gasteiger partial charge < -0.3 is 11.0 Å². The van der Waals surface area contributed by atoms with Crippen molar-refractivity contribution < 1.29 is 0 Å². The molecular formula is C7H11N4S-. The van der Waals surface area contributed by atoms with Gasteiger partial charge in [0.1, 0.15) is 0 Å². The fraction of sp³-hybridized carbons (Fsp3) is 0.143. The number of nitrogens with two attached hydrogens (primary N) is 1. The standard InChI is InChI=1S/C7H11N4S/c1-12-7-4-2-6(3-5-7)9-11-10-8/h2-5,10-11H,8H2,1H3/q-1. The molecular weight excluding hydrogens is 172 g/mol. The number of nitrogens with one attached hydrogen (secondary N) is 2. The first kappa shape index (κ1) is 9.34. The predicted molar refractivity (Wildman–Crippen MR) is 51.7 cm³/mol. The van der Waals surface area contributed by atoms with Gasteiger partial charge in [-0.05, 0) is 18.4 Å². The molecule has 0 aliphatic carbocycles. The molecule has 0 aliphatic rings. The highest BCUT2D eigenvalue weighted by atomic mass is 32.2. The van der Waals surface area contributed by atoms with Gasteiger partial charge in [0.15, 0.2) is 0 Å². The monoisotopic (exact) mass is 183 g/mol. The van der Waals surface area contributed by atoms with Crippen LogP contribution in [0, 0.1) is 0 Å². The Morgan fingerprint density at radius 1 is 1.33 bits per heavy atom. The van der Waals surface area contributed by atoms with Crippen LogP contribution in [-0.2, 0) is 0 Å². The number of hydrogen-bond donors (Lipinski definition) is 3. The molecule has 0 aromatic heterocycles. The molecule has 0 saturated carbocycles. The summed E-state index contributed by atoms with van der Waals surface area (Å²) in [5, 5.41) is 0. The maximum atomic E-state index is 4.97. The number of nitrogens with zero attached hydrogens (tertiary/aromatic N) is 1. The third-order valence-electron chi connectivity index (χ3n) is 1.32. The molecule has 0 radical (unpaired) electrons. The summed E-state index contributed by atoms with van der Waals surface area (Å²) in [7, 11) is 0. The molecule has 0 fully saturated rings. The van der Waals surface area contributed by atoms with Gasteiger partial charge in [0.05, 0.1) is 0 Å².